The lowest BCUT2D eigenvalue weighted by Gasteiger charge is -2.11. The van der Waals surface area contributed by atoms with E-state index in [1.807, 2.05) is 44.2 Å². The summed E-state index contributed by atoms with van der Waals surface area (Å²) in [5.74, 6) is 1.14. The highest BCUT2D eigenvalue weighted by atomic mass is 16.5. The zero-order chi connectivity index (χ0) is 19.9. The van der Waals surface area contributed by atoms with Crippen LogP contribution in [-0.4, -0.2) is 17.0 Å². The first-order valence-corrected chi connectivity index (χ1v) is 8.85. The topological polar surface area (TPSA) is 87.0 Å². The minimum atomic E-state index is -0.288. The number of anilines is 3. The van der Waals surface area contributed by atoms with Crippen LogP contribution in [0.3, 0.4) is 0 Å². The van der Waals surface area contributed by atoms with Crippen molar-refractivity contribution in [3.8, 4) is 11.8 Å². The zero-order valence-electron chi connectivity index (χ0n) is 15.6. The van der Waals surface area contributed by atoms with Gasteiger partial charge in [-0.3, -0.25) is 4.79 Å². The quantitative estimate of drug-likeness (QED) is 0.653. The standard InChI is InChI=1S/C22H20N4O2/c1-15(2)28-20-9-7-18(8-10-20)25-21-11-6-17(14-24-21)22(27)26-19-5-3-4-16(12-19)13-23/h3-12,14-15H,1-2H3,(H,24,25)(H,26,27). The van der Waals surface area contributed by atoms with Crippen LogP contribution in [0, 0.1) is 11.3 Å². The van der Waals surface area contributed by atoms with E-state index in [0.717, 1.165) is 11.4 Å². The van der Waals surface area contributed by atoms with E-state index in [1.165, 1.54) is 6.20 Å². The van der Waals surface area contributed by atoms with Gasteiger partial charge in [0, 0.05) is 17.6 Å². The Labute approximate surface area is 163 Å². The van der Waals surface area contributed by atoms with Gasteiger partial charge in [-0.25, -0.2) is 4.98 Å². The molecule has 3 rings (SSSR count). The number of aromatic nitrogens is 1. The second-order valence-corrected chi connectivity index (χ2v) is 6.39. The highest BCUT2D eigenvalue weighted by Crippen LogP contribution is 2.20. The van der Waals surface area contributed by atoms with Crippen LogP contribution >= 0.6 is 0 Å². The Morgan fingerprint density at radius 3 is 2.50 bits per heavy atom. The van der Waals surface area contributed by atoms with E-state index in [1.54, 1.807) is 36.4 Å². The molecule has 6 heteroatoms. The van der Waals surface area contributed by atoms with Crippen LogP contribution in [0.4, 0.5) is 17.2 Å². The summed E-state index contributed by atoms with van der Waals surface area (Å²) in [7, 11) is 0. The number of amides is 1. The Morgan fingerprint density at radius 1 is 1.07 bits per heavy atom. The van der Waals surface area contributed by atoms with E-state index in [-0.39, 0.29) is 12.0 Å². The molecule has 2 aromatic carbocycles. The lowest BCUT2D eigenvalue weighted by Crippen LogP contribution is -2.12. The van der Waals surface area contributed by atoms with Gasteiger partial charge in [0.25, 0.3) is 5.91 Å². The molecule has 0 saturated heterocycles. The fourth-order valence-corrected chi connectivity index (χ4v) is 2.51. The Balaban J connectivity index is 1.62. The number of rotatable bonds is 6. The average molecular weight is 372 g/mol. The second-order valence-electron chi connectivity index (χ2n) is 6.39. The number of nitriles is 1. The molecule has 0 saturated carbocycles. The van der Waals surface area contributed by atoms with Crippen molar-refractivity contribution in [2.75, 3.05) is 10.6 Å². The van der Waals surface area contributed by atoms with Gasteiger partial charge in [-0.05, 0) is 68.4 Å². The van der Waals surface area contributed by atoms with Crippen LogP contribution in [0.5, 0.6) is 5.75 Å². The number of nitrogens with zero attached hydrogens (tertiary/aromatic N) is 2. The normalized spacial score (nSPS) is 10.2. The SMILES string of the molecule is CC(C)Oc1ccc(Nc2ccc(C(=O)Nc3cccc(C#N)c3)cn2)cc1. The third-order valence-electron chi connectivity index (χ3n) is 3.77. The fourth-order valence-electron chi connectivity index (χ4n) is 2.51. The van der Waals surface area contributed by atoms with E-state index < -0.39 is 0 Å². The van der Waals surface area contributed by atoms with Crippen LogP contribution in [0.1, 0.15) is 29.8 Å². The van der Waals surface area contributed by atoms with Gasteiger partial charge < -0.3 is 15.4 Å². The van der Waals surface area contributed by atoms with Gasteiger partial charge in [-0.1, -0.05) is 6.07 Å². The molecule has 0 bridgehead atoms. The number of carbonyl (C=O) groups is 1. The maximum absolute atomic E-state index is 12.3. The summed E-state index contributed by atoms with van der Waals surface area (Å²) in [6.45, 7) is 3.96. The highest BCUT2D eigenvalue weighted by Gasteiger charge is 2.08. The molecular formula is C22H20N4O2. The molecule has 0 aliphatic heterocycles. The second kappa shape index (κ2) is 8.69. The number of carbonyl (C=O) groups excluding carboxylic acids is 1. The lowest BCUT2D eigenvalue weighted by atomic mass is 10.2. The van der Waals surface area contributed by atoms with Crippen molar-refractivity contribution in [2.24, 2.45) is 0 Å². The van der Waals surface area contributed by atoms with Crippen molar-refractivity contribution in [3.05, 3.63) is 78.0 Å². The first-order chi connectivity index (χ1) is 13.5. The van der Waals surface area contributed by atoms with E-state index >= 15 is 0 Å². The van der Waals surface area contributed by atoms with Crippen molar-refractivity contribution in [1.29, 1.82) is 5.26 Å². The van der Waals surface area contributed by atoms with Crippen LogP contribution in [0.2, 0.25) is 0 Å². The van der Waals surface area contributed by atoms with E-state index in [9.17, 15) is 4.79 Å². The molecule has 2 N–H and O–H groups in total. The van der Waals surface area contributed by atoms with Gasteiger partial charge in [-0.2, -0.15) is 5.26 Å². The van der Waals surface area contributed by atoms with Gasteiger partial charge in [0.05, 0.1) is 23.3 Å². The fraction of sp³-hybridized carbons (Fsp3) is 0.136. The first kappa shape index (κ1) is 18.9. The van der Waals surface area contributed by atoms with Gasteiger partial charge >= 0.3 is 0 Å². The molecule has 1 amide bonds. The number of hydrogen-bond acceptors (Lipinski definition) is 5. The van der Waals surface area contributed by atoms with Gasteiger partial charge in [0.1, 0.15) is 11.6 Å². The van der Waals surface area contributed by atoms with Crippen molar-refractivity contribution < 1.29 is 9.53 Å². The summed E-state index contributed by atoms with van der Waals surface area (Å²) < 4.78 is 5.62. The van der Waals surface area contributed by atoms with Crippen LogP contribution < -0.4 is 15.4 Å². The Hall–Kier alpha value is -3.85. The first-order valence-electron chi connectivity index (χ1n) is 8.85. The molecule has 0 unspecified atom stereocenters. The van der Waals surface area contributed by atoms with Crippen molar-refractivity contribution in [1.82, 2.24) is 4.98 Å². The number of hydrogen-bond donors (Lipinski definition) is 2. The van der Waals surface area contributed by atoms with Crippen LogP contribution in [0.15, 0.2) is 66.9 Å². The van der Waals surface area contributed by atoms with E-state index in [0.29, 0.717) is 22.6 Å². The van der Waals surface area contributed by atoms with Gasteiger partial charge in [0.15, 0.2) is 0 Å². The minimum Gasteiger partial charge on any atom is -0.491 e. The van der Waals surface area contributed by atoms with E-state index in [2.05, 4.69) is 15.6 Å². The maximum Gasteiger partial charge on any atom is 0.257 e. The number of ether oxygens (including phenoxy) is 1. The lowest BCUT2D eigenvalue weighted by molar-refractivity contribution is 0.102. The average Bonchev–Trinajstić information content (AvgIpc) is 2.70. The molecule has 0 aliphatic rings. The molecule has 0 fully saturated rings. The summed E-state index contributed by atoms with van der Waals surface area (Å²) in [6, 6.07) is 19.8. The van der Waals surface area contributed by atoms with Gasteiger partial charge in [0.2, 0.25) is 0 Å². The van der Waals surface area contributed by atoms with Crippen molar-refractivity contribution in [3.63, 3.8) is 0 Å². The predicted octanol–water partition coefficient (Wildman–Crippen LogP) is 4.74. The molecule has 1 aromatic heterocycles. The maximum atomic E-state index is 12.3. The molecule has 0 aliphatic carbocycles. The summed E-state index contributed by atoms with van der Waals surface area (Å²) in [5, 5.41) is 14.9. The Morgan fingerprint density at radius 2 is 1.86 bits per heavy atom. The van der Waals surface area contributed by atoms with Crippen LogP contribution in [0.25, 0.3) is 0 Å². The monoisotopic (exact) mass is 372 g/mol. The van der Waals surface area contributed by atoms with Crippen molar-refractivity contribution >= 4 is 23.1 Å². The zero-order valence-corrected chi connectivity index (χ0v) is 15.6. The summed E-state index contributed by atoms with van der Waals surface area (Å²) in [6.07, 6.45) is 1.63. The smallest absolute Gasteiger partial charge is 0.257 e. The molecule has 0 spiro atoms. The molecule has 28 heavy (non-hydrogen) atoms. The minimum absolute atomic E-state index is 0.126. The molecule has 6 nitrogen and oxygen atoms in total. The summed E-state index contributed by atoms with van der Waals surface area (Å²) >= 11 is 0. The number of benzene rings is 2. The van der Waals surface area contributed by atoms with E-state index in [4.69, 9.17) is 10.00 Å². The van der Waals surface area contributed by atoms with Gasteiger partial charge in [-0.15, -0.1) is 0 Å². The molecular weight excluding hydrogens is 352 g/mol. The third-order valence-corrected chi connectivity index (χ3v) is 3.77. The molecule has 3 aromatic rings. The molecule has 140 valence electrons. The number of nitrogens with one attached hydrogen (secondary N) is 2. The summed E-state index contributed by atoms with van der Waals surface area (Å²) in [4.78, 5) is 16.6. The summed E-state index contributed by atoms with van der Waals surface area (Å²) in [5.41, 5.74) is 2.35. The Kier molecular flexibility index (Phi) is 5.87. The highest BCUT2D eigenvalue weighted by molar-refractivity contribution is 6.04. The van der Waals surface area contributed by atoms with Crippen LogP contribution in [-0.2, 0) is 0 Å². The molecule has 0 radical (unpaired) electrons. The largest absolute Gasteiger partial charge is 0.491 e. The molecule has 1 heterocycles. The predicted molar refractivity (Wildman–Crippen MR) is 109 cm³/mol. The number of pyridine rings is 1. The van der Waals surface area contributed by atoms with Crippen molar-refractivity contribution in [2.45, 2.75) is 20.0 Å². The molecule has 0 atom stereocenters. The third kappa shape index (κ3) is 5.08. The Bertz CT molecular complexity index is 990.